The summed E-state index contributed by atoms with van der Waals surface area (Å²) in [6.45, 7) is 0.897. The maximum absolute atomic E-state index is 5.52. The Morgan fingerprint density at radius 2 is 2.00 bits per heavy atom. The summed E-state index contributed by atoms with van der Waals surface area (Å²) < 4.78 is 0. The summed E-state index contributed by atoms with van der Waals surface area (Å²) in [6.07, 6.45) is 10.3. The van der Waals surface area contributed by atoms with E-state index in [2.05, 4.69) is 0 Å². The van der Waals surface area contributed by atoms with E-state index < -0.39 is 0 Å². The highest BCUT2D eigenvalue weighted by Gasteiger charge is 2.40. The van der Waals surface area contributed by atoms with Gasteiger partial charge in [0.05, 0.1) is 0 Å². The van der Waals surface area contributed by atoms with Gasteiger partial charge in [-0.25, -0.2) is 0 Å². The number of hydrogen-bond donors (Lipinski definition) is 1. The van der Waals surface area contributed by atoms with E-state index in [-0.39, 0.29) is 0 Å². The lowest BCUT2D eigenvalue weighted by Gasteiger charge is -2.48. The first-order chi connectivity index (χ1) is 5.92. The lowest BCUT2D eigenvalue weighted by molar-refractivity contribution is 0.0234. The van der Waals surface area contributed by atoms with E-state index in [1.54, 1.807) is 0 Å². The Bertz CT molecular complexity index is 142. The van der Waals surface area contributed by atoms with E-state index in [1.165, 1.54) is 44.9 Å². The van der Waals surface area contributed by atoms with Crippen molar-refractivity contribution in [2.45, 2.75) is 44.9 Å². The molecule has 2 fully saturated rings. The number of hydrogen-bond acceptors (Lipinski definition) is 1. The summed E-state index contributed by atoms with van der Waals surface area (Å²) in [4.78, 5) is 0. The molecule has 12 heavy (non-hydrogen) atoms. The molecule has 2 aliphatic rings. The van der Waals surface area contributed by atoms with Crippen LogP contribution in [-0.2, 0) is 0 Å². The summed E-state index contributed by atoms with van der Waals surface area (Å²) in [5.41, 5.74) is 5.52. The van der Waals surface area contributed by atoms with Gasteiger partial charge in [-0.3, -0.25) is 0 Å². The smallest absolute Gasteiger partial charge is 0.00772 e. The molecule has 1 nitrogen and oxygen atoms in total. The molecule has 0 spiro atoms. The van der Waals surface area contributed by atoms with E-state index in [0.717, 1.165) is 24.3 Å². The minimum atomic E-state index is 0.897. The molecule has 0 radical (unpaired) electrons. The maximum Gasteiger partial charge on any atom is -0.00772 e. The fourth-order valence-corrected chi connectivity index (χ4v) is 3.23. The molecule has 3 unspecified atom stereocenters. The van der Waals surface area contributed by atoms with E-state index in [4.69, 9.17) is 5.73 Å². The Morgan fingerprint density at radius 1 is 1.17 bits per heavy atom. The Labute approximate surface area is 75.7 Å². The SMILES string of the molecule is NCCCC1CC2CCCCC12. The van der Waals surface area contributed by atoms with Crippen molar-refractivity contribution in [1.82, 2.24) is 0 Å². The van der Waals surface area contributed by atoms with Crippen LogP contribution in [0.15, 0.2) is 0 Å². The van der Waals surface area contributed by atoms with Gasteiger partial charge in [-0.2, -0.15) is 0 Å². The van der Waals surface area contributed by atoms with Crippen LogP contribution in [0.4, 0.5) is 0 Å². The topological polar surface area (TPSA) is 26.0 Å². The van der Waals surface area contributed by atoms with Crippen molar-refractivity contribution in [3.63, 3.8) is 0 Å². The summed E-state index contributed by atoms with van der Waals surface area (Å²) in [7, 11) is 0. The third kappa shape index (κ3) is 1.52. The van der Waals surface area contributed by atoms with Gasteiger partial charge in [0, 0.05) is 0 Å². The third-order valence-corrected chi connectivity index (χ3v) is 3.96. The lowest BCUT2D eigenvalue weighted by Crippen LogP contribution is -2.39. The first-order valence-corrected chi connectivity index (χ1v) is 5.62. The lowest BCUT2D eigenvalue weighted by atomic mass is 9.57. The quantitative estimate of drug-likeness (QED) is 0.687. The largest absolute Gasteiger partial charge is 0.330 e. The van der Waals surface area contributed by atoms with Gasteiger partial charge in [-0.15, -0.1) is 0 Å². The van der Waals surface area contributed by atoms with Crippen LogP contribution in [0, 0.1) is 17.8 Å². The Balaban J connectivity index is 1.73. The third-order valence-electron chi connectivity index (χ3n) is 3.96. The molecule has 0 aromatic carbocycles. The summed E-state index contributed by atoms with van der Waals surface area (Å²) >= 11 is 0. The number of fused-ring (bicyclic) bond motifs is 1. The molecular weight excluding hydrogens is 146 g/mol. The second kappa shape index (κ2) is 3.78. The van der Waals surface area contributed by atoms with Gasteiger partial charge in [-0.05, 0) is 50.0 Å². The van der Waals surface area contributed by atoms with E-state index in [0.29, 0.717) is 0 Å². The van der Waals surface area contributed by atoms with Crippen molar-refractivity contribution in [3.8, 4) is 0 Å². The van der Waals surface area contributed by atoms with Crippen LogP contribution >= 0.6 is 0 Å². The number of rotatable bonds is 3. The number of nitrogens with two attached hydrogens (primary N) is 1. The van der Waals surface area contributed by atoms with Crippen LogP contribution in [-0.4, -0.2) is 6.54 Å². The van der Waals surface area contributed by atoms with Gasteiger partial charge in [-0.1, -0.05) is 19.3 Å². The molecule has 0 amide bonds. The second-order valence-electron chi connectivity index (χ2n) is 4.64. The molecule has 1 heteroatoms. The normalized spacial score (nSPS) is 40.2. The predicted octanol–water partition coefficient (Wildman–Crippen LogP) is 2.55. The highest BCUT2D eigenvalue weighted by Crippen LogP contribution is 2.50. The molecule has 2 N–H and O–H groups in total. The van der Waals surface area contributed by atoms with E-state index in [9.17, 15) is 0 Å². The van der Waals surface area contributed by atoms with E-state index >= 15 is 0 Å². The van der Waals surface area contributed by atoms with Crippen LogP contribution in [0.25, 0.3) is 0 Å². The first-order valence-electron chi connectivity index (χ1n) is 5.62. The summed E-state index contributed by atoms with van der Waals surface area (Å²) in [5.74, 6) is 3.31. The summed E-state index contributed by atoms with van der Waals surface area (Å²) in [6, 6.07) is 0. The fourth-order valence-electron chi connectivity index (χ4n) is 3.23. The Hall–Kier alpha value is -0.0400. The zero-order valence-corrected chi connectivity index (χ0v) is 7.97. The standard InChI is InChI=1S/C11H21N/c12-7-3-5-10-8-9-4-1-2-6-11(9)10/h9-11H,1-8,12H2. The second-order valence-corrected chi connectivity index (χ2v) is 4.64. The molecule has 0 bridgehead atoms. The van der Waals surface area contributed by atoms with Crippen molar-refractivity contribution in [1.29, 1.82) is 0 Å². The molecule has 0 aromatic heterocycles. The molecule has 0 aliphatic heterocycles. The van der Waals surface area contributed by atoms with Crippen LogP contribution in [0.3, 0.4) is 0 Å². The van der Waals surface area contributed by atoms with Gasteiger partial charge in [0.1, 0.15) is 0 Å². The molecule has 2 saturated carbocycles. The van der Waals surface area contributed by atoms with Gasteiger partial charge in [0.2, 0.25) is 0 Å². The predicted molar refractivity (Wildman–Crippen MR) is 51.8 cm³/mol. The highest BCUT2D eigenvalue weighted by atomic mass is 14.5. The van der Waals surface area contributed by atoms with Gasteiger partial charge in [0.25, 0.3) is 0 Å². The minimum absolute atomic E-state index is 0.897. The highest BCUT2D eigenvalue weighted by molar-refractivity contribution is 4.91. The van der Waals surface area contributed by atoms with Crippen molar-refractivity contribution in [2.75, 3.05) is 6.54 Å². The molecule has 0 aromatic rings. The van der Waals surface area contributed by atoms with Crippen LogP contribution < -0.4 is 5.73 Å². The average Bonchev–Trinajstić information content (AvgIpc) is 2.07. The van der Waals surface area contributed by atoms with Crippen molar-refractivity contribution >= 4 is 0 Å². The van der Waals surface area contributed by atoms with Crippen molar-refractivity contribution in [3.05, 3.63) is 0 Å². The molecule has 0 saturated heterocycles. The minimum Gasteiger partial charge on any atom is -0.330 e. The molecule has 2 rings (SSSR count). The van der Waals surface area contributed by atoms with Crippen LogP contribution in [0.1, 0.15) is 44.9 Å². The molecular formula is C11H21N. The van der Waals surface area contributed by atoms with Crippen molar-refractivity contribution < 1.29 is 0 Å². The van der Waals surface area contributed by atoms with Gasteiger partial charge >= 0.3 is 0 Å². The fraction of sp³-hybridized carbons (Fsp3) is 1.00. The molecule has 0 heterocycles. The van der Waals surface area contributed by atoms with Crippen LogP contribution in [0.5, 0.6) is 0 Å². The Morgan fingerprint density at radius 3 is 2.75 bits per heavy atom. The monoisotopic (exact) mass is 167 g/mol. The Kier molecular flexibility index (Phi) is 2.69. The first kappa shape index (κ1) is 8.55. The van der Waals surface area contributed by atoms with Crippen molar-refractivity contribution in [2.24, 2.45) is 23.5 Å². The molecule has 2 aliphatic carbocycles. The zero-order chi connectivity index (χ0) is 8.39. The molecule has 3 atom stereocenters. The maximum atomic E-state index is 5.52. The van der Waals surface area contributed by atoms with Gasteiger partial charge in [0.15, 0.2) is 0 Å². The molecule has 70 valence electrons. The van der Waals surface area contributed by atoms with Crippen LogP contribution in [0.2, 0.25) is 0 Å². The van der Waals surface area contributed by atoms with E-state index in [1.807, 2.05) is 0 Å². The average molecular weight is 167 g/mol. The summed E-state index contributed by atoms with van der Waals surface area (Å²) in [5, 5.41) is 0. The zero-order valence-electron chi connectivity index (χ0n) is 7.97. The van der Waals surface area contributed by atoms with Gasteiger partial charge < -0.3 is 5.73 Å².